The minimum absolute atomic E-state index is 0.0777. The van der Waals surface area contributed by atoms with Crippen molar-refractivity contribution in [3.8, 4) is 0 Å². The maximum atomic E-state index is 14.3. The third-order valence-corrected chi connectivity index (χ3v) is 10.3. The summed E-state index contributed by atoms with van der Waals surface area (Å²) < 4.78 is 4.56. The molecule has 3 aliphatic rings. The largest absolute Gasteiger partial charge is 0.465 e. The number of hydrogen-bond donors (Lipinski definition) is 1. The number of aliphatic hydroxyl groups is 1. The summed E-state index contributed by atoms with van der Waals surface area (Å²) in [4.78, 5) is 45.5. The van der Waals surface area contributed by atoms with Crippen molar-refractivity contribution in [3.63, 3.8) is 0 Å². The summed E-state index contributed by atoms with van der Waals surface area (Å²) in [5, 5.41) is 10.4. The molecule has 6 atom stereocenters. The number of hydrogen-bond acceptors (Lipinski definition) is 6. The van der Waals surface area contributed by atoms with Crippen LogP contribution in [-0.4, -0.2) is 80.1 Å². The lowest BCUT2D eigenvalue weighted by atomic mass is 9.66. The fraction of sp³-hybridized carbons (Fsp3) is 0.759. The van der Waals surface area contributed by atoms with Crippen molar-refractivity contribution in [1.82, 2.24) is 9.80 Å². The number of thioether (sulfide) groups is 1. The number of amides is 2. The van der Waals surface area contributed by atoms with Crippen molar-refractivity contribution in [1.29, 1.82) is 0 Å². The van der Waals surface area contributed by atoms with Crippen molar-refractivity contribution in [3.05, 3.63) is 25.3 Å². The van der Waals surface area contributed by atoms with Gasteiger partial charge in [0.15, 0.2) is 0 Å². The van der Waals surface area contributed by atoms with E-state index in [0.717, 1.165) is 25.7 Å². The lowest BCUT2D eigenvalue weighted by molar-refractivity contribution is -0.156. The van der Waals surface area contributed by atoms with Crippen LogP contribution in [0.5, 0.6) is 0 Å². The second kappa shape index (κ2) is 11.9. The molecule has 0 saturated carbocycles. The smallest absolute Gasteiger partial charge is 0.311 e. The maximum absolute atomic E-state index is 14.3. The van der Waals surface area contributed by atoms with E-state index in [9.17, 15) is 19.5 Å². The number of nitrogens with zero attached hydrogens (tertiary/aromatic N) is 2. The Morgan fingerprint density at radius 2 is 1.92 bits per heavy atom. The summed E-state index contributed by atoms with van der Waals surface area (Å²) in [6, 6.07) is -1.30. The van der Waals surface area contributed by atoms with E-state index in [0.29, 0.717) is 26.0 Å². The molecule has 3 saturated heterocycles. The molecular weight excluding hydrogens is 488 g/mol. The number of rotatable bonds is 14. The van der Waals surface area contributed by atoms with E-state index in [1.165, 1.54) is 0 Å². The molecule has 3 rings (SSSR count). The van der Waals surface area contributed by atoms with Crippen LogP contribution < -0.4 is 0 Å². The number of fused-ring (bicyclic) bond motifs is 1. The van der Waals surface area contributed by atoms with Crippen molar-refractivity contribution >= 4 is 29.5 Å². The average Bonchev–Trinajstić information content (AvgIpc) is 3.40. The predicted molar refractivity (Wildman–Crippen MR) is 148 cm³/mol. The van der Waals surface area contributed by atoms with E-state index >= 15 is 0 Å². The molecule has 0 radical (unpaired) electrons. The summed E-state index contributed by atoms with van der Waals surface area (Å²) >= 11 is 1.64. The van der Waals surface area contributed by atoms with E-state index in [1.807, 2.05) is 33.8 Å². The minimum Gasteiger partial charge on any atom is -0.465 e. The molecule has 208 valence electrons. The molecule has 3 fully saturated rings. The summed E-state index contributed by atoms with van der Waals surface area (Å²) in [6.07, 6.45) is 8.07. The molecule has 0 aromatic heterocycles. The molecule has 1 spiro atoms. The Balaban J connectivity index is 2.02. The van der Waals surface area contributed by atoms with Gasteiger partial charge in [0.2, 0.25) is 11.8 Å². The van der Waals surface area contributed by atoms with Crippen LogP contribution >= 0.6 is 11.8 Å². The lowest BCUT2D eigenvalue weighted by Gasteiger charge is -2.41. The molecule has 3 heterocycles. The van der Waals surface area contributed by atoms with Crippen LogP contribution in [0.15, 0.2) is 25.3 Å². The van der Waals surface area contributed by atoms with Gasteiger partial charge in [-0.1, -0.05) is 26.0 Å². The molecule has 2 unspecified atom stereocenters. The zero-order chi connectivity index (χ0) is 27.5. The van der Waals surface area contributed by atoms with Crippen LogP contribution in [0, 0.1) is 17.8 Å². The van der Waals surface area contributed by atoms with Crippen LogP contribution in [0.1, 0.15) is 73.1 Å². The Morgan fingerprint density at radius 1 is 1.22 bits per heavy atom. The third-order valence-electron chi connectivity index (χ3n) is 8.33. The number of aliphatic hydroxyl groups excluding tert-OH is 1. The molecule has 0 aliphatic carbocycles. The molecule has 8 heteroatoms. The average molecular weight is 535 g/mol. The first kappa shape index (κ1) is 29.8. The molecule has 0 aromatic rings. The topological polar surface area (TPSA) is 87.1 Å². The summed E-state index contributed by atoms with van der Waals surface area (Å²) in [5.41, 5.74) is 0. The van der Waals surface area contributed by atoms with Crippen LogP contribution in [0.3, 0.4) is 0 Å². The van der Waals surface area contributed by atoms with Crippen molar-refractivity contribution < 1.29 is 24.2 Å². The van der Waals surface area contributed by atoms with E-state index < -0.39 is 33.4 Å². The molecule has 2 bridgehead atoms. The monoisotopic (exact) mass is 534 g/mol. The number of ether oxygens (including phenoxy) is 1. The molecule has 1 N–H and O–H groups in total. The number of esters is 1. The number of unbranched alkanes of at least 4 members (excludes halogenated alkanes) is 2. The number of allylic oxidation sites excluding steroid dienone is 1. The molecule has 0 aromatic carbocycles. The van der Waals surface area contributed by atoms with Crippen molar-refractivity contribution in [2.75, 3.05) is 19.8 Å². The van der Waals surface area contributed by atoms with Gasteiger partial charge in [0.25, 0.3) is 0 Å². The van der Waals surface area contributed by atoms with Gasteiger partial charge in [0, 0.05) is 17.3 Å². The van der Waals surface area contributed by atoms with Gasteiger partial charge in [-0.25, -0.2) is 0 Å². The Labute approximate surface area is 227 Å². The van der Waals surface area contributed by atoms with Gasteiger partial charge < -0.3 is 19.6 Å². The van der Waals surface area contributed by atoms with E-state index in [1.54, 1.807) is 27.6 Å². The first-order valence-electron chi connectivity index (χ1n) is 13.8. The standard InChI is InChI=1S/C29H46N2O5S/c1-8-10-11-12-16-36-27(35)23-22-25(33)31(21(18-32)17-19(3)4)24(26(34)30(15-9-2)20(5)6)29(22)14-13-28(23,7)37-29/h8-9,19-24,32H,1-2,10-18H2,3-7H3/t21-,22+,23-,24?,28+,29?/m1/s1. The zero-order valence-corrected chi connectivity index (χ0v) is 24.1. The highest BCUT2D eigenvalue weighted by Gasteiger charge is 2.78. The van der Waals surface area contributed by atoms with Crippen LogP contribution in [0.2, 0.25) is 0 Å². The summed E-state index contributed by atoms with van der Waals surface area (Å²) in [6.45, 7) is 18.1. The molecule has 3 aliphatic heterocycles. The Morgan fingerprint density at radius 3 is 2.49 bits per heavy atom. The van der Waals surface area contributed by atoms with Gasteiger partial charge in [-0.15, -0.1) is 24.9 Å². The highest BCUT2D eigenvalue weighted by molar-refractivity contribution is 8.02. The minimum atomic E-state index is -0.736. The second-order valence-corrected chi connectivity index (χ2v) is 13.7. The first-order valence-corrected chi connectivity index (χ1v) is 14.6. The highest BCUT2D eigenvalue weighted by Crippen LogP contribution is 2.71. The predicted octanol–water partition coefficient (Wildman–Crippen LogP) is 4.20. The SMILES string of the molecule is C=CCCCCOC(=O)[C@H]1[C@H]2C(=O)N([C@@H](CO)CC(C)C)C(C(=O)N(CC=C)C(C)C)C23CC[C@]1(C)S3. The molecule has 37 heavy (non-hydrogen) atoms. The lowest BCUT2D eigenvalue weighted by Crippen LogP contribution is -2.58. The highest BCUT2D eigenvalue weighted by atomic mass is 32.2. The van der Waals surface area contributed by atoms with Crippen molar-refractivity contribution in [2.45, 2.75) is 101 Å². The number of likely N-dealkylation sites (tertiary alicyclic amines) is 1. The maximum Gasteiger partial charge on any atom is 0.311 e. The molecule has 2 amide bonds. The summed E-state index contributed by atoms with van der Waals surface area (Å²) in [5.74, 6) is -1.66. The third kappa shape index (κ3) is 5.38. The van der Waals surface area contributed by atoms with E-state index in [2.05, 4.69) is 20.1 Å². The second-order valence-electron chi connectivity index (χ2n) is 11.8. The van der Waals surface area contributed by atoms with Crippen LogP contribution in [0.4, 0.5) is 0 Å². The normalized spacial score (nSPS) is 31.1. The van der Waals surface area contributed by atoms with Gasteiger partial charge >= 0.3 is 5.97 Å². The zero-order valence-electron chi connectivity index (χ0n) is 23.3. The molecule has 7 nitrogen and oxygen atoms in total. The quantitative estimate of drug-likeness (QED) is 0.204. The summed E-state index contributed by atoms with van der Waals surface area (Å²) in [7, 11) is 0. The van der Waals surface area contributed by atoms with Gasteiger partial charge in [-0.2, -0.15) is 0 Å². The Bertz CT molecular complexity index is 892. The van der Waals surface area contributed by atoms with Gasteiger partial charge in [0.05, 0.1) is 35.8 Å². The first-order chi connectivity index (χ1) is 17.5. The Hall–Kier alpha value is -1.80. The van der Waals surface area contributed by atoms with Gasteiger partial charge in [-0.3, -0.25) is 14.4 Å². The number of carbonyl (C=O) groups excluding carboxylic acids is 3. The van der Waals surface area contributed by atoms with E-state index in [-0.39, 0.29) is 36.4 Å². The van der Waals surface area contributed by atoms with Crippen LogP contribution in [0.25, 0.3) is 0 Å². The fourth-order valence-corrected chi connectivity index (χ4v) is 9.04. The fourth-order valence-electron chi connectivity index (χ4n) is 6.72. The van der Waals surface area contributed by atoms with Gasteiger partial charge in [0.1, 0.15) is 6.04 Å². The van der Waals surface area contributed by atoms with E-state index in [4.69, 9.17) is 4.74 Å². The Kier molecular flexibility index (Phi) is 9.60. The van der Waals surface area contributed by atoms with Crippen LogP contribution in [-0.2, 0) is 19.1 Å². The molecular formula is C29H46N2O5S. The van der Waals surface area contributed by atoms with Gasteiger partial charge in [-0.05, 0) is 65.2 Å². The number of carbonyl (C=O) groups is 3. The van der Waals surface area contributed by atoms with Crippen molar-refractivity contribution in [2.24, 2.45) is 17.8 Å².